The lowest BCUT2D eigenvalue weighted by Gasteiger charge is -1.98. The summed E-state index contributed by atoms with van der Waals surface area (Å²) >= 11 is 0.989. The highest BCUT2D eigenvalue weighted by molar-refractivity contribution is 8.18. The molecule has 1 amide bonds. The maximum absolute atomic E-state index is 12.0. The van der Waals surface area contributed by atoms with E-state index in [0.717, 1.165) is 17.8 Å². The molecule has 2 aromatic carbocycles. The first kappa shape index (κ1) is 19.7. The number of carbonyl (C=O) groups is 1. The summed E-state index contributed by atoms with van der Waals surface area (Å²) in [6, 6.07) is 9.43. The molecule has 1 aliphatic rings. The lowest BCUT2D eigenvalue weighted by atomic mass is 10.1. The van der Waals surface area contributed by atoms with E-state index in [0.29, 0.717) is 11.1 Å². The van der Waals surface area contributed by atoms with Gasteiger partial charge in [-0.25, -0.2) is 0 Å². The number of nitro groups is 2. The van der Waals surface area contributed by atoms with Crippen molar-refractivity contribution >= 4 is 46.5 Å². The van der Waals surface area contributed by atoms with E-state index in [1.165, 1.54) is 48.7 Å². The van der Waals surface area contributed by atoms with Gasteiger partial charge in [0.05, 0.1) is 21.0 Å². The second-order valence-corrected chi connectivity index (χ2v) is 6.60. The maximum atomic E-state index is 12.0. The number of hydrogen-bond acceptors (Lipinski definition) is 9. The van der Waals surface area contributed by atoms with Gasteiger partial charge in [0.2, 0.25) is 0 Å². The third-order valence-corrected chi connectivity index (χ3v) is 4.50. The van der Waals surface area contributed by atoms with Crippen LogP contribution in [-0.2, 0) is 4.79 Å². The highest BCUT2D eigenvalue weighted by Crippen LogP contribution is 2.30. The summed E-state index contributed by atoms with van der Waals surface area (Å²) in [6.07, 6.45) is 2.80. The van der Waals surface area contributed by atoms with Crippen molar-refractivity contribution in [1.82, 2.24) is 5.32 Å². The number of phenolic OH excluding ortho intramolecular Hbond substituents is 1. The molecular weight excluding hydrogens is 402 g/mol. The first-order valence-electron chi connectivity index (χ1n) is 7.87. The molecule has 2 N–H and O–H groups in total. The van der Waals surface area contributed by atoms with Crippen molar-refractivity contribution < 1.29 is 19.7 Å². The van der Waals surface area contributed by atoms with E-state index in [-0.39, 0.29) is 15.8 Å². The van der Waals surface area contributed by atoms with Crippen LogP contribution in [0.5, 0.6) is 5.75 Å². The Morgan fingerprint density at radius 2 is 1.72 bits per heavy atom. The Morgan fingerprint density at radius 3 is 2.38 bits per heavy atom. The fourth-order valence-corrected chi connectivity index (χ4v) is 3.01. The number of aromatic hydroxyl groups is 1. The second kappa shape index (κ2) is 8.31. The van der Waals surface area contributed by atoms with E-state index in [4.69, 9.17) is 0 Å². The Hall–Kier alpha value is -4.06. The van der Waals surface area contributed by atoms with Crippen LogP contribution in [0.3, 0.4) is 0 Å². The quantitative estimate of drug-likeness (QED) is 0.330. The van der Waals surface area contributed by atoms with Gasteiger partial charge in [0.15, 0.2) is 10.9 Å². The normalized spacial score (nSPS) is 16.5. The number of phenols is 1. The molecule has 2 aromatic rings. The molecule has 0 aromatic heterocycles. The van der Waals surface area contributed by atoms with E-state index < -0.39 is 27.2 Å². The molecule has 1 fully saturated rings. The van der Waals surface area contributed by atoms with Crippen LogP contribution in [0.25, 0.3) is 6.08 Å². The average molecular weight is 413 g/mol. The van der Waals surface area contributed by atoms with Crippen molar-refractivity contribution in [3.05, 3.63) is 78.7 Å². The van der Waals surface area contributed by atoms with Crippen molar-refractivity contribution in [3.63, 3.8) is 0 Å². The highest BCUT2D eigenvalue weighted by Gasteiger charge is 2.24. The Morgan fingerprint density at radius 1 is 1.03 bits per heavy atom. The lowest BCUT2D eigenvalue weighted by Crippen LogP contribution is -2.19. The summed E-state index contributed by atoms with van der Waals surface area (Å²) in [7, 11) is 0. The van der Waals surface area contributed by atoms with Crippen LogP contribution < -0.4 is 5.32 Å². The zero-order valence-corrected chi connectivity index (χ0v) is 15.2. The Labute approximate surface area is 166 Å². The van der Waals surface area contributed by atoms with Crippen LogP contribution in [-0.4, -0.2) is 32.2 Å². The summed E-state index contributed by atoms with van der Waals surface area (Å²) in [6.45, 7) is 0. The number of benzene rings is 2. The minimum atomic E-state index is -0.723. The number of rotatable bonds is 5. The third kappa shape index (κ3) is 4.81. The van der Waals surface area contributed by atoms with Crippen molar-refractivity contribution in [2.45, 2.75) is 0 Å². The standard InChI is InChI=1S/C17H11N5O6S/c23-14-6-3-11(7-13(14)22(27)28)8-15-16(24)19-17(29-15)20-18-9-10-1-4-12(5-2-10)21(25)26/h1-9,23H,(H,19,20,24). The van der Waals surface area contributed by atoms with E-state index in [2.05, 4.69) is 15.5 Å². The number of amides is 1. The van der Waals surface area contributed by atoms with Gasteiger partial charge < -0.3 is 5.11 Å². The van der Waals surface area contributed by atoms with Crippen molar-refractivity contribution in [2.24, 2.45) is 10.2 Å². The fourth-order valence-electron chi connectivity index (χ4n) is 2.23. The van der Waals surface area contributed by atoms with E-state index in [1.54, 1.807) is 0 Å². The van der Waals surface area contributed by atoms with Crippen LogP contribution in [0.2, 0.25) is 0 Å². The number of carbonyl (C=O) groups excluding carboxylic acids is 1. The molecule has 0 atom stereocenters. The molecule has 1 saturated heterocycles. The predicted octanol–water partition coefficient (Wildman–Crippen LogP) is 2.80. The molecule has 0 unspecified atom stereocenters. The Bertz CT molecular complexity index is 1090. The number of thioether (sulfide) groups is 1. The van der Waals surface area contributed by atoms with Gasteiger partial charge >= 0.3 is 5.69 Å². The van der Waals surface area contributed by atoms with Crippen molar-refractivity contribution in [3.8, 4) is 5.75 Å². The number of non-ortho nitro benzene ring substituents is 1. The third-order valence-electron chi connectivity index (χ3n) is 3.60. The summed E-state index contributed by atoms with van der Waals surface area (Å²) in [5.74, 6) is -0.918. The van der Waals surface area contributed by atoms with Gasteiger partial charge in [-0.2, -0.15) is 5.10 Å². The van der Waals surface area contributed by atoms with Crippen LogP contribution in [0.1, 0.15) is 11.1 Å². The van der Waals surface area contributed by atoms with E-state index in [9.17, 15) is 30.1 Å². The molecule has 29 heavy (non-hydrogen) atoms. The lowest BCUT2D eigenvalue weighted by molar-refractivity contribution is -0.385. The molecular formula is C17H11N5O6S. The molecule has 3 rings (SSSR count). The molecule has 0 aliphatic carbocycles. The number of nitrogens with one attached hydrogen (secondary N) is 1. The number of nitro benzene ring substituents is 2. The summed E-state index contributed by atoms with van der Waals surface area (Å²) < 4.78 is 0. The first-order valence-corrected chi connectivity index (χ1v) is 8.69. The predicted molar refractivity (Wildman–Crippen MR) is 107 cm³/mol. The minimum absolute atomic E-state index is 0.0451. The summed E-state index contributed by atoms with van der Waals surface area (Å²) in [4.78, 5) is 32.5. The molecule has 0 bridgehead atoms. The Kier molecular flexibility index (Phi) is 5.64. The van der Waals surface area contributed by atoms with Crippen LogP contribution in [0, 0.1) is 20.2 Å². The number of amidine groups is 1. The maximum Gasteiger partial charge on any atom is 0.311 e. The molecule has 1 heterocycles. The monoisotopic (exact) mass is 413 g/mol. The van der Waals surface area contributed by atoms with Gasteiger partial charge in [-0.1, -0.05) is 6.07 Å². The van der Waals surface area contributed by atoms with Gasteiger partial charge in [0.25, 0.3) is 11.6 Å². The molecule has 0 spiro atoms. The fraction of sp³-hybridized carbons (Fsp3) is 0. The van der Waals surface area contributed by atoms with Gasteiger partial charge in [0, 0.05) is 18.2 Å². The van der Waals surface area contributed by atoms with Gasteiger partial charge in [-0.3, -0.25) is 30.3 Å². The zero-order chi connectivity index (χ0) is 21.0. The van der Waals surface area contributed by atoms with Crippen LogP contribution >= 0.6 is 11.8 Å². The average Bonchev–Trinajstić information content (AvgIpc) is 3.02. The van der Waals surface area contributed by atoms with Gasteiger partial charge in [0.1, 0.15) is 0 Å². The van der Waals surface area contributed by atoms with E-state index >= 15 is 0 Å². The van der Waals surface area contributed by atoms with Crippen LogP contribution in [0.15, 0.2) is 57.6 Å². The van der Waals surface area contributed by atoms with Crippen LogP contribution in [0.4, 0.5) is 11.4 Å². The SMILES string of the molecule is O=C1N/C(=N\N=Cc2ccc([N+](=O)[O-])cc2)SC1=Cc1ccc(O)c([N+](=O)[O-])c1. The highest BCUT2D eigenvalue weighted by atomic mass is 32.2. The summed E-state index contributed by atoms with van der Waals surface area (Å²) in [5.41, 5.74) is 0.435. The molecule has 12 heteroatoms. The largest absolute Gasteiger partial charge is 0.502 e. The molecule has 0 saturated carbocycles. The smallest absolute Gasteiger partial charge is 0.311 e. The molecule has 0 radical (unpaired) electrons. The Balaban J connectivity index is 1.72. The molecule has 1 aliphatic heterocycles. The first-order chi connectivity index (χ1) is 13.8. The molecule has 146 valence electrons. The second-order valence-electron chi connectivity index (χ2n) is 5.57. The van der Waals surface area contributed by atoms with E-state index in [1.807, 2.05) is 0 Å². The minimum Gasteiger partial charge on any atom is -0.502 e. The van der Waals surface area contributed by atoms with Gasteiger partial charge in [-0.15, -0.1) is 5.10 Å². The number of nitrogens with zero attached hydrogens (tertiary/aromatic N) is 4. The zero-order valence-electron chi connectivity index (χ0n) is 14.4. The van der Waals surface area contributed by atoms with Gasteiger partial charge in [-0.05, 0) is 47.2 Å². The number of hydrogen-bond donors (Lipinski definition) is 2. The molecule has 11 nitrogen and oxygen atoms in total. The summed E-state index contributed by atoms with van der Waals surface area (Å²) in [5, 5.41) is 41.4. The van der Waals surface area contributed by atoms with Crippen molar-refractivity contribution in [1.29, 1.82) is 0 Å². The van der Waals surface area contributed by atoms with Crippen molar-refractivity contribution in [2.75, 3.05) is 0 Å². The topological polar surface area (TPSA) is 160 Å².